The van der Waals surface area contributed by atoms with Gasteiger partial charge in [-0.25, -0.2) is 15.0 Å². The van der Waals surface area contributed by atoms with Gasteiger partial charge >= 0.3 is 0 Å². The van der Waals surface area contributed by atoms with Crippen molar-refractivity contribution in [2.45, 2.75) is 32.7 Å². The molecule has 0 saturated carbocycles. The Hall–Kier alpha value is -2.12. The van der Waals surface area contributed by atoms with Crippen LogP contribution in [0.25, 0.3) is 11.5 Å². The standard InChI is InChI=1S/C18H22N6S/c1-13-8-21-18(23-13)17-16(19-4-5-20-17)7-14-3-2-6-24(9-14)10-15-11-25-12-22-15/h4-5,8,11-12,14H,2-3,6-7,9-10H2,1H3,(H,21,23)/t14-/m0/s1. The third-order valence-corrected chi connectivity index (χ3v) is 5.29. The Morgan fingerprint density at radius 1 is 1.24 bits per heavy atom. The van der Waals surface area contributed by atoms with Crippen LogP contribution in [-0.4, -0.2) is 42.9 Å². The number of hydrogen-bond donors (Lipinski definition) is 1. The third kappa shape index (κ3) is 3.93. The number of aromatic amines is 1. The number of nitrogens with zero attached hydrogens (tertiary/aromatic N) is 5. The summed E-state index contributed by atoms with van der Waals surface area (Å²) in [5.74, 6) is 1.41. The van der Waals surface area contributed by atoms with Crippen molar-refractivity contribution in [3.05, 3.63) is 46.6 Å². The highest BCUT2D eigenvalue weighted by atomic mass is 32.1. The molecule has 1 aliphatic rings. The number of imidazole rings is 1. The summed E-state index contributed by atoms with van der Waals surface area (Å²) in [7, 11) is 0. The Morgan fingerprint density at radius 2 is 2.16 bits per heavy atom. The Balaban J connectivity index is 1.47. The van der Waals surface area contributed by atoms with E-state index in [1.165, 1.54) is 18.5 Å². The Bertz CT molecular complexity index is 813. The molecule has 0 aliphatic carbocycles. The molecule has 3 aromatic rings. The van der Waals surface area contributed by atoms with Crippen molar-refractivity contribution < 1.29 is 0 Å². The molecule has 1 aliphatic heterocycles. The molecule has 3 aromatic heterocycles. The van der Waals surface area contributed by atoms with Crippen molar-refractivity contribution in [3.63, 3.8) is 0 Å². The highest BCUT2D eigenvalue weighted by molar-refractivity contribution is 7.07. The van der Waals surface area contributed by atoms with E-state index in [1.807, 2.05) is 18.6 Å². The van der Waals surface area contributed by atoms with Gasteiger partial charge in [-0.15, -0.1) is 11.3 Å². The lowest BCUT2D eigenvalue weighted by molar-refractivity contribution is 0.165. The SMILES string of the molecule is Cc1cnc(-c2nccnc2C[C@@H]2CCCN(Cc3cscn3)C2)[nH]1. The zero-order valence-corrected chi connectivity index (χ0v) is 15.2. The largest absolute Gasteiger partial charge is 0.341 e. The van der Waals surface area contributed by atoms with E-state index in [0.717, 1.165) is 49.0 Å². The average molecular weight is 354 g/mol. The van der Waals surface area contributed by atoms with Crippen LogP contribution in [0.3, 0.4) is 0 Å². The van der Waals surface area contributed by atoms with Gasteiger partial charge in [0.05, 0.1) is 16.9 Å². The number of piperidine rings is 1. The zero-order valence-electron chi connectivity index (χ0n) is 14.4. The molecule has 7 heteroatoms. The van der Waals surface area contributed by atoms with E-state index in [-0.39, 0.29) is 0 Å². The monoisotopic (exact) mass is 354 g/mol. The van der Waals surface area contributed by atoms with Crippen molar-refractivity contribution in [2.24, 2.45) is 5.92 Å². The molecule has 0 spiro atoms. The number of aromatic nitrogens is 5. The molecule has 0 bridgehead atoms. The quantitative estimate of drug-likeness (QED) is 0.762. The first-order chi connectivity index (χ1) is 12.3. The topological polar surface area (TPSA) is 70.6 Å². The minimum absolute atomic E-state index is 0.596. The molecule has 4 rings (SSSR count). The van der Waals surface area contributed by atoms with E-state index in [2.05, 4.69) is 35.2 Å². The van der Waals surface area contributed by atoms with Gasteiger partial charge < -0.3 is 4.98 Å². The molecular weight excluding hydrogens is 332 g/mol. The molecule has 25 heavy (non-hydrogen) atoms. The summed E-state index contributed by atoms with van der Waals surface area (Å²) in [4.78, 5) is 23.8. The second kappa shape index (κ2) is 7.41. The predicted molar refractivity (Wildman–Crippen MR) is 98.2 cm³/mol. The summed E-state index contributed by atoms with van der Waals surface area (Å²) < 4.78 is 0. The van der Waals surface area contributed by atoms with E-state index in [1.54, 1.807) is 23.7 Å². The van der Waals surface area contributed by atoms with Crippen LogP contribution in [0.1, 0.15) is 29.9 Å². The maximum absolute atomic E-state index is 4.61. The van der Waals surface area contributed by atoms with E-state index < -0.39 is 0 Å². The maximum atomic E-state index is 4.61. The molecule has 0 unspecified atom stereocenters. The maximum Gasteiger partial charge on any atom is 0.158 e. The van der Waals surface area contributed by atoms with Gasteiger partial charge in [-0.3, -0.25) is 9.88 Å². The van der Waals surface area contributed by atoms with Gasteiger partial charge in [0.25, 0.3) is 0 Å². The third-order valence-electron chi connectivity index (χ3n) is 4.66. The number of nitrogens with one attached hydrogen (secondary N) is 1. The number of aryl methyl sites for hydroxylation is 1. The molecule has 0 aromatic carbocycles. The van der Waals surface area contributed by atoms with E-state index in [4.69, 9.17) is 0 Å². The van der Waals surface area contributed by atoms with Gasteiger partial charge in [0.15, 0.2) is 5.82 Å². The number of likely N-dealkylation sites (tertiary alicyclic amines) is 1. The summed E-state index contributed by atoms with van der Waals surface area (Å²) in [6.07, 6.45) is 8.77. The van der Waals surface area contributed by atoms with Crippen molar-refractivity contribution in [2.75, 3.05) is 13.1 Å². The fourth-order valence-electron chi connectivity index (χ4n) is 3.53. The molecular formula is C18H22N6S. The Labute approximate surface area is 151 Å². The van der Waals surface area contributed by atoms with Crippen molar-refractivity contribution in [1.82, 2.24) is 29.8 Å². The summed E-state index contributed by atoms with van der Waals surface area (Å²) in [6.45, 7) is 5.19. The number of rotatable bonds is 5. The summed E-state index contributed by atoms with van der Waals surface area (Å²) in [5.41, 5.74) is 6.05. The van der Waals surface area contributed by atoms with Gasteiger partial charge in [0.2, 0.25) is 0 Å². The smallest absolute Gasteiger partial charge is 0.158 e. The van der Waals surface area contributed by atoms with Gasteiger partial charge in [-0.05, 0) is 38.6 Å². The molecule has 130 valence electrons. The summed E-state index contributed by atoms with van der Waals surface area (Å²) >= 11 is 1.67. The van der Waals surface area contributed by atoms with Gasteiger partial charge in [-0.2, -0.15) is 0 Å². The molecule has 1 atom stereocenters. The lowest BCUT2D eigenvalue weighted by Crippen LogP contribution is -2.36. The highest BCUT2D eigenvalue weighted by Crippen LogP contribution is 2.25. The first kappa shape index (κ1) is 16.4. The van der Waals surface area contributed by atoms with Crippen molar-refractivity contribution >= 4 is 11.3 Å². The second-order valence-electron chi connectivity index (χ2n) is 6.69. The highest BCUT2D eigenvalue weighted by Gasteiger charge is 2.23. The number of H-pyrrole nitrogens is 1. The van der Waals surface area contributed by atoms with Crippen LogP contribution in [0.2, 0.25) is 0 Å². The summed E-state index contributed by atoms with van der Waals surface area (Å²) in [5, 5.41) is 2.14. The number of thiazole rings is 1. The van der Waals surface area contributed by atoms with Crippen LogP contribution in [-0.2, 0) is 13.0 Å². The first-order valence-corrected chi connectivity index (χ1v) is 9.63. The molecule has 0 radical (unpaired) electrons. The average Bonchev–Trinajstić information content (AvgIpc) is 3.27. The molecule has 1 N–H and O–H groups in total. The van der Waals surface area contributed by atoms with E-state index >= 15 is 0 Å². The van der Waals surface area contributed by atoms with Crippen LogP contribution in [0, 0.1) is 12.8 Å². The fraction of sp³-hybridized carbons (Fsp3) is 0.444. The second-order valence-corrected chi connectivity index (χ2v) is 7.41. The lowest BCUT2D eigenvalue weighted by atomic mass is 9.92. The predicted octanol–water partition coefficient (Wildman–Crippen LogP) is 3.09. The lowest BCUT2D eigenvalue weighted by Gasteiger charge is -2.32. The van der Waals surface area contributed by atoms with E-state index in [9.17, 15) is 0 Å². The summed E-state index contributed by atoms with van der Waals surface area (Å²) in [6, 6.07) is 0. The molecule has 6 nitrogen and oxygen atoms in total. The minimum atomic E-state index is 0.596. The normalized spacial score (nSPS) is 18.5. The first-order valence-electron chi connectivity index (χ1n) is 8.69. The number of hydrogen-bond acceptors (Lipinski definition) is 6. The van der Waals surface area contributed by atoms with Crippen LogP contribution < -0.4 is 0 Å². The van der Waals surface area contributed by atoms with Crippen molar-refractivity contribution in [3.8, 4) is 11.5 Å². The van der Waals surface area contributed by atoms with Gasteiger partial charge in [-0.1, -0.05) is 0 Å². The molecule has 1 saturated heterocycles. The Morgan fingerprint density at radius 3 is 2.96 bits per heavy atom. The van der Waals surface area contributed by atoms with Gasteiger partial charge in [0.1, 0.15) is 5.69 Å². The molecule has 0 amide bonds. The van der Waals surface area contributed by atoms with Crippen molar-refractivity contribution in [1.29, 1.82) is 0 Å². The van der Waals surface area contributed by atoms with Crippen LogP contribution in [0.15, 0.2) is 29.5 Å². The van der Waals surface area contributed by atoms with Crippen LogP contribution >= 0.6 is 11.3 Å². The van der Waals surface area contributed by atoms with E-state index in [0.29, 0.717) is 5.92 Å². The molecule has 1 fully saturated rings. The Kier molecular flexibility index (Phi) is 4.85. The van der Waals surface area contributed by atoms with Gasteiger partial charge in [0, 0.05) is 42.8 Å². The van der Waals surface area contributed by atoms with Crippen LogP contribution in [0.5, 0.6) is 0 Å². The molecule has 4 heterocycles. The zero-order chi connectivity index (χ0) is 17.1. The van der Waals surface area contributed by atoms with Crippen LogP contribution in [0.4, 0.5) is 0 Å². The fourth-order valence-corrected chi connectivity index (χ4v) is 4.08. The minimum Gasteiger partial charge on any atom is -0.341 e.